The van der Waals surface area contributed by atoms with E-state index in [4.69, 9.17) is 9.15 Å². The van der Waals surface area contributed by atoms with Gasteiger partial charge in [-0.25, -0.2) is 15.0 Å². The molecule has 0 radical (unpaired) electrons. The van der Waals surface area contributed by atoms with E-state index >= 15 is 0 Å². The summed E-state index contributed by atoms with van der Waals surface area (Å²) in [5, 5.41) is 7.06. The number of hydrazone groups is 1. The third kappa shape index (κ3) is 4.13. The van der Waals surface area contributed by atoms with Gasteiger partial charge in [0.05, 0.1) is 24.6 Å². The molecule has 2 aromatic heterocycles. The molecule has 138 valence electrons. The van der Waals surface area contributed by atoms with Crippen molar-refractivity contribution in [2.45, 2.75) is 33.1 Å². The van der Waals surface area contributed by atoms with E-state index in [9.17, 15) is 9.59 Å². The maximum atomic E-state index is 12.4. The van der Waals surface area contributed by atoms with Crippen LogP contribution in [0, 0.1) is 5.92 Å². The molecule has 8 heteroatoms. The minimum Gasteiger partial charge on any atom is -0.463 e. The smallest absolute Gasteiger partial charge is 0.341 e. The van der Waals surface area contributed by atoms with Gasteiger partial charge in [0.15, 0.2) is 0 Å². The van der Waals surface area contributed by atoms with E-state index in [0.29, 0.717) is 28.8 Å². The predicted molar refractivity (Wildman–Crippen MR) is 99.9 cm³/mol. The number of carbonyl (C=O) groups is 2. The average molecular weight is 375 g/mol. The SMILES string of the molecule is CCOC(=O)c1c(NC(=O)N/N=C\c2ccco2)sc2c1CC[C@@H](C)C2. The first-order valence-corrected chi connectivity index (χ1v) is 9.35. The van der Waals surface area contributed by atoms with E-state index in [2.05, 4.69) is 22.8 Å². The molecule has 2 aromatic rings. The summed E-state index contributed by atoms with van der Waals surface area (Å²) in [5.41, 5.74) is 3.85. The maximum absolute atomic E-state index is 12.4. The average Bonchev–Trinajstić information content (AvgIpc) is 3.22. The molecular weight excluding hydrogens is 354 g/mol. The lowest BCUT2D eigenvalue weighted by atomic mass is 9.88. The highest BCUT2D eigenvalue weighted by molar-refractivity contribution is 7.17. The molecule has 2 N–H and O–H groups in total. The standard InChI is InChI=1S/C18H21N3O4S/c1-3-24-17(22)15-13-7-6-11(2)9-14(13)26-16(15)20-18(23)21-19-10-12-5-4-8-25-12/h4-5,8,10-11H,3,6-7,9H2,1-2H3,(H2,20,21,23)/b19-10-/t11-/m1/s1. The number of thiophene rings is 1. The fraction of sp³-hybridized carbons (Fsp3) is 0.389. The third-order valence-corrected chi connectivity index (χ3v) is 5.29. The molecule has 7 nitrogen and oxygen atoms in total. The minimum absolute atomic E-state index is 0.291. The quantitative estimate of drug-likeness (QED) is 0.472. The number of hydrogen-bond donors (Lipinski definition) is 2. The summed E-state index contributed by atoms with van der Waals surface area (Å²) in [6.07, 6.45) is 5.67. The molecule has 0 saturated carbocycles. The van der Waals surface area contributed by atoms with Crippen LogP contribution in [0.2, 0.25) is 0 Å². The number of ether oxygens (including phenoxy) is 1. The zero-order valence-corrected chi connectivity index (χ0v) is 15.5. The van der Waals surface area contributed by atoms with Gasteiger partial charge in [-0.1, -0.05) is 6.92 Å². The Balaban J connectivity index is 1.75. The van der Waals surface area contributed by atoms with Gasteiger partial charge in [0.25, 0.3) is 0 Å². The Morgan fingerprint density at radius 3 is 3.08 bits per heavy atom. The Kier molecular flexibility index (Phi) is 5.72. The summed E-state index contributed by atoms with van der Waals surface area (Å²) in [6, 6.07) is 2.92. The van der Waals surface area contributed by atoms with Crippen molar-refractivity contribution in [1.82, 2.24) is 5.43 Å². The minimum atomic E-state index is -0.523. The van der Waals surface area contributed by atoms with Crippen molar-refractivity contribution < 1.29 is 18.7 Å². The highest BCUT2D eigenvalue weighted by atomic mass is 32.1. The Hall–Kier alpha value is -2.61. The summed E-state index contributed by atoms with van der Waals surface area (Å²) < 4.78 is 10.3. The number of nitrogens with zero attached hydrogens (tertiary/aromatic N) is 1. The first kappa shape index (κ1) is 18.2. The molecule has 2 heterocycles. The number of urea groups is 1. The molecule has 1 atom stereocenters. The second-order valence-electron chi connectivity index (χ2n) is 6.12. The van der Waals surface area contributed by atoms with Crippen LogP contribution in [0.3, 0.4) is 0 Å². The molecule has 0 saturated heterocycles. The van der Waals surface area contributed by atoms with Crippen molar-refractivity contribution in [3.63, 3.8) is 0 Å². The molecule has 2 amide bonds. The number of esters is 1. The summed E-state index contributed by atoms with van der Waals surface area (Å²) in [7, 11) is 0. The molecule has 0 aliphatic heterocycles. The van der Waals surface area contributed by atoms with Crippen LogP contribution in [0.1, 0.15) is 46.8 Å². The number of amides is 2. The van der Waals surface area contributed by atoms with Crippen molar-refractivity contribution in [2.75, 3.05) is 11.9 Å². The molecule has 0 aromatic carbocycles. The van der Waals surface area contributed by atoms with Gasteiger partial charge in [0.2, 0.25) is 0 Å². The first-order valence-electron chi connectivity index (χ1n) is 8.53. The van der Waals surface area contributed by atoms with Crippen molar-refractivity contribution in [3.8, 4) is 0 Å². The summed E-state index contributed by atoms with van der Waals surface area (Å²) in [4.78, 5) is 25.7. The lowest BCUT2D eigenvalue weighted by molar-refractivity contribution is 0.0526. The van der Waals surface area contributed by atoms with Gasteiger partial charge >= 0.3 is 12.0 Å². The zero-order chi connectivity index (χ0) is 18.5. The molecular formula is C18H21N3O4S. The van der Waals surface area contributed by atoms with Crippen LogP contribution in [-0.4, -0.2) is 24.8 Å². The number of carbonyl (C=O) groups excluding carboxylic acids is 2. The second kappa shape index (κ2) is 8.18. The maximum Gasteiger partial charge on any atom is 0.341 e. The summed E-state index contributed by atoms with van der Waals surface area (Å²) in [6.45, 7) is 4.25. The molecule has 3 rings (SSSR count). The normalized spacial score (nSPS) is 16.3. The van der Waals surface area contributed by atoms with Crippen molar-refractivity contribution in [2.24, 2.45) is 11.0 Å². The van der Waals surface area contributed by atoms with Gasteiger partial charge in [0.1, 0.15) is 10.8 Å². The number of fused-ring (bicyclic) bond motifs is 1. The van der Waals surface area contributed by atoms with Crippen LogP contribution < -0.4 is 10.7 Å². The molecule has 1 aliphatic rings. The van der Waals surface area contributed by atoms with Crippen molar-refractivity contribution in [1.29, 1.82) is 0 Å². The van der Waals surface area contributed by atoms with E-state index in [1.807, 2.05) is 0 Å². The lowest BCUT2D eigenvalue weighted by Crippen LogP contribution is -2.25. The Morgan fingerprint density at radius 2 is 2.35 bits per heavy atom. The zero-order valence-electron chi connectivity index (χ0n) is 14.7. The predicted octanol–water partition coefficient (Wildman–Crippen LogP) is 3.80. The molecule has 26 heavy (non-hydrogen) atoms. The van der Waals surface area contributed by atoms with Gasteiger partial charge in [-0.2, -0.15) is 5.10 Å². The van der Waals surface area contributed by atoms with E-state index in [1.54, 1.807) is 19.1 Å². The third-order valence-electron chi connectivity index (χ3n) is 4.12. The van der Waals surface area contributed by atoms with Crippen LogP contribution in [0.5, 0.6) is 0 Å². The van der Waals surface area contributed by atoms with Gasteiger partial charge in [0, 0.05) is 4.88 Å². The van der Waals surface area contributed by atoms with Gasteiger partial charge in [-0.05, 0) is 49.8 Å². The van der Waals surface area contributed by atoms with Gasteiger partial charge < -0.3 is 9.15 Å². The first-order chi connectivity index (χ1) is 12.6. The number of anilines is 1. The Bertz CT molecular complexity index is 811. The monoisotopic (exact) mass is 375 g/mol. The number of rotatable bonds is 5. The topological polar surface area (TPSA) is 92.9 Å². The van der Waals surface area contributed by atoms with Crippen LogP contribution in [-0.2, 0) is 17.6 Å². The Morgan fingerprint density at radius 1 is 1.50 bits per heavy atom. The van der Waals surface area contributed by atoms with Crippen LogP contribution in [0.4, 0.5) is 9.80 Å². The fourth-order valence-electron chi connectivity index (χ4n) is 2.91. The molecule has 0 fully saturated rings. The number of furan rings is 1. The highest BCUT2D eigenvalue weighted by Crippen LogP contribution is 2.40. The lowest BCUT2D eigenvalue weighted by Gasteiger charge is -2.18. The fourth-order valence-corrected chi connectivity index (χ4v) is 4.30. The molecule has 1 aliphatic carbocycles. The van der Waals surface area contributed by atoms with Gasteiger partial charge in [-0.3, -0.25) is 5.32 Å². The molecule has 0 bridgehead atoms. The van der Waals surface area contributed by atoms with Crippen LogP contribution in [0.15, 0.2) is 27.9 Å². The van der Waals surface area contributed by atoms with Crippen LogP contribution >= 0.6 is 11.3 Å². The second-order valence-corrected chi connectivity index (χ2v) is 7.22. The van der Waals surface area contributed by atoms with Crippen molar-refractivity contribution in [3.05, 3.63) is 40.2 Å². The largest absolute Gasteiger partial charge is 0.463 e. The highest BCUT2D eigenvalue weighted by Gasteiger charge is 2.29. The van der Waals surface area contributed by atoms with E-state index < -0.39 is 12.0 Å². The van der Waals surface area contributed by atoms with E-state index in [1.165, 1.54) is 23.8 Å². The number of nitrogens with one attached hydrogen (secondary N) is 2. The van der Waals surface area contributed by atoms with Crippen LogP contribution in [0.25, 0.3) is 0 Å². The van der Waals surface area contributed by atoms with Crippen molar-refractivity contribution >= 4 is 34.6 Å². The molecule has 0 unspecified atom stereocenters. The van der Waals surface area contributed by atoms with E-state index in [0.717, 1.165) is 29.7 Å². The summed E-state index contributed by atoms with van der Waals surface area (Å²) in [5.74, 6) is 0.697. The number of hydrogen-bond acceptors (Lipinski definition) is 6. The Labute approximate surface area is 155 Å². The van der Waals surface area contributed by atoms with E-state index in [-0.39, 0.29) is 0 Å². The summed E-state index contributed by atoms with van der Waals surface area (Å²) >= 11 is 1.44. The van der Waals surface area contributed by atoms with Gasteiger partial charge in [-0.15, -0.1) is 11.3 Å². The molecule has 0 spiro atoms.